The maximum atomic E-state index is 13.6. The van der Waals surface area contributed by atoms with Crippen molar-refractivity contribution in [3.63, 3.8) is 0 Å². The topological polar surface area (TPSA) is 12.0 Å². The molecule has 0 heterocycles. The van der Waals surface area contributed by atoms with Gasteiger partial charge >= 0.3 is 0 Å². The number of rotatable bonds is 4. The second-order valence-corrected chi connectivity index (χ2v) is 6.43. The Kier molecular flexibility index (Phi) is 3.14. The van der Waals surface area contributed by atoms with Crippen molar-refractivity contribution in [1.82, 2.24) is 5.32 Å². The summed E-state index contributed by atoms with van der Waals surface area (Å²) in [6.45, 7) is 3.51. The van der Waals surface area contributed by atoms with Crippen LogP contribution in [0.1, 0.15) is 50.5 Å². The zero-order chi connectivity index (χ0) is 12.6. The van der Waals surface area contributed by atoms with Crippen molar-refractivity contribution in [3.05, 3.63) is 35.6 Å². The third kappa shape index (κ3) is 2.31. The van der Waals surface area contributed by atoms with E-state index in [9.17, 15) is 4.39 Å². The van der Waals surface area contributed by atoms with Crippen LogP contribution in [0.3, 0.4) is 0 Å². The third-order valence-electron chi connectivity index (χ3n) is 4.86. The molecule has 0 unspecified atom stereocenters. The van der Waals surface area contributed by atoms with Gasteiger partial charge in [-0.25, -0.2) is 4.39 Å². The number of halogens is 1. The summed E-state index contributed by atoms with van der Waals surface area (Å²) < 4.78 is 13.6. The van der Waals surface area contributed by atoms with Gasteiger partial charge in [0.15, 0.2) is 0 Å². The van der Waals surface area contributed by atoms with E-state index in [-0.39, 0.29) is 5.82 Å². The predicted octanol–water partition coefficient (Wildman–Crippen LogP) is 3.85. The lowest BCUT2D eigenvalue weighted by molar-refractivity contribution is 0.136. The molecule has 0 radical (unpaired) electrons. The zero-order valence-electron chi connectivity index (χ0n) is 11.1. The molecule has 1 nitrogen and oxygen atoms in total. The fourth-order valence-electron chi connectivity index (χ4n) is 3.19. The first-order valence-electron chi connectivity index (χ1n) is 7.14. The number of hydrogen-bond acceptors (Lipinski definition) is 1. The van der Waals surface area contributed by atoms with Gasteiger partial charge in [0.25, 0.3) is 0 Å². The first kappa shape index (κ1) is 12.2. The summed E-state index contributed by atoms with van der Waals surface area (Å²) in [4.78, 5) is 0. The minimum Gasteiger partial charge on any atom is -0.313 e. The second kappa shape index (κ2) is 4.65. The van der Waals surface area contributed by atoms with E-state index in [1.165, 1.54) is 19.3 Å². The molecular formula is C16H22FN. The van der Waals surface area contributed by atoms with Gasteiger partial charge in [-0.15, -0.1) is 0 Å². The fraction of sp³-hybridized carbons (Fsp3) is 0.625. The molecule has 0 saturated heterocycles. The van der Waals surface area contributed by atoms with E-state index >= 15 is 0 Å². The largest absolute Gasteiger partial charge is 0.313 e. The molecule has 2 fully saturated rings. The van der Waals surface area contributed by atoms with Crippen LogP contribution in [0.25, 0.3) is 0 Å². The van der Waals surface area contributed by atoms with Crippen LogP contribution in [0.2, 0.25) is 0 Å². The molecule has 2 heteroatoms. The Morgan fingerprint density at radius 3 is 2.61 bits per heavy atom. The van der Waals surface area contributed by atoms with Crippen LogP contribution in [0.15, 0.2) is 24.3 Å². The van der Waals surface area contributed by atoms with E-state index in [2.05, 4.69) is 12.2 Å². The van der Waals surface area contributed by atoms with Crippen LogP contribution in [0.5, 0.6) is 0 Å². The highest BCUT2D eigenvalue weighted by Crippen LogP contribution is 2.42. The minimum absolute atomic E-state index is 0.0353. The van der Waals surface area contributed by atoms with Crippen molar-refractivity contribution >= 4 is 0 Å². The molecule has 2 aliphatic rings. The lowest BCUT2D eigenvalue weighted by Crippen LogP contribution is -2.46. The molecule has 1 aromatic carbocycles. The summed E-state index contributed by atoms with van der Waals surface area (Å²) in [6, 6.07) is 7.82. The Balaban J connectivity index is 1.47. The Morgan fingerprint density at radius 2 is 2.00 bits per heavy atom. The van der Waals surface area contributed by atoms with E-state index in [0.29, 0.717) is 17.4 Å². The molecule has 2 saturated carbocycles. The highest BCUT2D eigenvalue weighted by atomic mass is 19.1. The Labute approximate surface area is 109 Å². The van der Waals surface area contributed by atoms with Crippen molar-refractivity contribution in [2.24, 2.45) is 5.41 Å². The lowest BCUT2D eigenvalue weighted by Gasteiger charge is -2.43. The highest BCUT2D eigenvalue weighted by Gasteiger charge is 2.35. The molecule has 0 aliphatic heterocycles. The Bertz CT molecular complexity index is 419. The first-order valence-corrected chi connectivity index (χ1v) is 7.14. The standard InChI is InChI=1S/C16H22FN/c1-16(7-4-8-16)11-18-13-9-12(10-13)14-5-2-3-6-15(14)17/h2-3,5-6,12-13,18H,4,7-11H2,1H3. The quantitative estimate of drug-likeness (QED) is 0.852. The molecule has 1 N–H and O–H groups in total. The molecule has 0 aromatic heterocycles. The number of nitrogens with one attached hydrogen (secondary N) is 1. The van der Waals surface area contributed by atoms with Gasteiger partial charge in [-0.1, -0.05) is 31.5 Å². The van der Waals surface area contributed by atoms with Gasteiger partial charge in [0.2, 0.25) is 0 Å². The SMILES string of the molecule is CC1(CNC2CC(c3ccccc3F)C2)CCC1. The first-order chi connectivity index (χ1) is 8.66. The summed E-state index contributed by atoms with van der Waals surface area (Å²) in [5.41, 5.74) is 1.45. The van der Waals surface area contributed by atoms with Gasteiger partial charge in [-0.3, -0.25) is 0 Å². The summed E-state index contributed by atoms with van der Waals surface area (Å²) in [5, 5.41) is 3.66. The molecule has 98 valence electrons. The monoisotopic (exact) mass is 247 g/mol. The summed E-state index contributed by atoms with van der Waals surface area (Å²) in [7, 11) is 0. The molecule has 0 spiro atoms. The number of hydrogen-bond donors (Lipinski definition) is 1. The summed E-state index contributed by atoms with van der Waals surface area (Å²) in [5.74, 6) is 0.393. The van der Waals surface area contributed by atoms with Gasteiger partial charge in [0.1, 0.15) is 5.82 Å². The Morgan fingerprint density at radius 1 is 1.28 bits per heavy atom. The molecule has 0 amide bonds. The molecule has 3 rings (SSSR count). The van der Waals surface area contributed by atoms with Crippen LogP contribution in [-0.2, 0) is 0 Å². The lowest BCUT2D eigenvalue weighted by atomic mass is 9.69. The number of benzene rings is 1. The molecule has 0 bridgehead atoms. The van der Waals surface area contributed by atoms with Gasteiger partial charge in [-0.05, 0) is 48.6 Å². The minimum atomic E-state index is -0.0353. The molecule has 0 atom stereocenters. The maximum absolute atomic E-state index is 13.6. The normalized spacial score (nSPS) is 29.4. The molecule has 18 heavy (non-hydrogen) atoms. The fourth-order valence-corrected chi connectivity index (χ4v) is 3.19. The second-order valence-electron chi connectivity index (χ2n) is 6.43. The van der Waals surface area contributed by atoms with Gasteiger partial charge in [-0.2, -0.15) is 0 Å². The summed E-state index contributed by atoms with van der Waals surface area (Å²) in [6.07, 6.45) is 6.31. The average molecular weight is 247 g/mol. The van der Waals surface area contributed by atoms with Gasteiger partial charge < -0.3 is 5.32 Å². The van der Waals surface area contributed by atoms with E-state index < -0.39 is 0 Å². The smallest absolute Gasteiger partial charge is 0.126 e. The average Bonchev–Trinajstić information content (AvgIpc) is 2.27. The van der Waals surface area contributed by atoms with Crippen LogP contribution in [-0.4, -0.2) is 12.6 Å². The van der Waals surface area contributed by atoms with Crippen molar-refractivity contribution in [3.8, 4) is 0 Å². The van der Waals surface area contributed by atoms with Gasteiger partial charge in [0.05, 0.1) is 0 Å². The molecule has 2 aliphatic carbocycles. The zero-order valence-corrected chi connectivity index (χ0v) is 11.1. The van der Waals surface area contributed by atoms with Crippen LogP contribution in [0, 0.1) is 11.2 Å². The van der Waals surface area contributed by atoms with Crippen LogP contribution >= 0.6 is 0 Å². The Hall–Kier alpha value is -0.890. The van der Waals surface area contributed by atoms with Crippen molar-refractivity contribution in [2.75, 3.05) is 6.54 Å². The highest BCUT2D eigenvalue weighted by molar-refractivity contribution is 5.24. The van der Waals surface area contributed by atoms with E-state index in [4.69, 9.17) is 0 Å². The molecule has 1 aromatic rings. The van der Waals surface area contributed by atoms with Crippen molar-refractivity contribution in [1.29, 1.82) is 0 Å². The van der Waals surface area contributed by atoms with Crippen LogP contribution < -0.4 is 5.32 Å². The van der Waals surface area contributed by atoms with Gasteiger partial charge in [0, 0.05) is 12.6 Å². The predicted molar refractivity (Wildman–Crippen MR) is 72.1 cm³/mol. The van der Waals surface area contributed by atoms with E-state index in [1.807, 2.05) is 12.1 Å². The molecular weight excluding hydrogens is 225 g/mol. The summed E-state index contributed by atoms with van der Waals surface area (Å²) >= 11 is 0. The van der Waals surface area contributed by atoms with Crippen molar-refractivity contribution in [2.45, 2.75) is 51.0 Å². The van der Waals surface area contributed by atoms with E-state index in [1.54, 1.807) is 12.1 Å². The van der Waals surface area contributed by atoms with Crippen LogP contribution in [0.4, 0.5) is 4.39 Å². The third-order valence-corrected chi connectivity index (χ3v) is 4.86. The maximum Gasteiger partial charge on any atom is 0.126 e. The van der Waals surface area contributed by atoms with E-state index in [0.717, 1.165) is 24.9 Å². The van der Waals surface area contributed by atoms with Crippen molar-refractivity contribution < 1.29 is 4.39 Å².